The number of aliphatic imine (C=N–C) groups is 1. The molecule has 0 amide bonds. The summed E-state index contributed by atoms with van der Waals surface area (Å²) in [7, 11) is 1.76. The zero-order valence-corrected chi connectivity index (χ0v) is 18.5. The highest BCUT2D eigenvalue weighted by Crippen LogP contribution is 2.16. The molecule has 0 saturated heterocycles. The molecule has 3 rings (SSSR count). The summed E-state index contributed by atoms with van der Waals surface area (Å²) in [6.07, 6.45) is 5.04. The maximum absolute atomic E-state index is 13.8. The molecule has 0 saturated carbocycles. The van der Waals surface area contributed by atoms with Gasteiger partial charge in [-0.25, -0.2) is 14.1 Å². The van der Waals surface area contributed by atoms with Crippen molar-refractivity contribution in [2.45, 2.75) is 38.3 Å². The number of fused-ring (bicyclic) bond motifs is 1. The third-order valence-electron chi connectivity index (χ3n) is 4.30. The van der Waals surface area contributed by atoms with Crippen LogP contribution in [0.15, 0.2) is 34.0 Å². The first kappa shape index (κ1) is 21.1. The second-order valence-corrected chi connectivity index (χ2v) is 6.99. The number of hydrogen-bond donors (Lipinski definition) is 2. The Kier molecular flexibility index (Phi) is 8.26. The van der Waals surface area contributed by atoms with E-state index in [0.29, 0.717) is 6.42 Å². The number of hydrogen-bond acceptors (Lipinski definition) is 3. The van der Waals surface area contributed by atoms with Crippen molar-refractivity contribution in [3.63, 3.8) is 0 Å². The highest BCUT2D eigenvalue weighted by molar-refractivity contribution is 14.0. The molecule has 142 valence electrons. The van der Waals surface area contributed by atoms with Crippen LogP contribution < -0.4 is 10.6 Å². The van der Waals surface area contributed by atoms with E-state index in [9.17, 15) is 4.39 Å². The largest absolute Gasteiger partial charge is 0.356 e. The number of aromatic nitrogens is 3. The van der Waals surface area contributed by atoms with Crippen LogP contribution in [0.25, 0.3) is 0 Å². The lowest BCUT2D eigenvalue weighted by atomic mass is 10.1. The minimum atomic E-state index is -0.164. The van der Waals surface area contributed by atoms with Crippen molar-refractivity contribution >= 4 is 45.9 Å². The maximum atomic E-state index is 13.8. The van der Waals surface area contributed by atoms with Gasteiger partial charge in [0.1, 0.15) is 18.0 Å². The molecule has 1 atom stereocenters. The van der Waals surface area contributed by atoms with Crippen molar-refractivity contribution in [1.29, 1.82) is 0 Å². The molecule has 0 fully saturated rings. The Balaban J connectivity index is 0.00000243. The number of aryl methyl sites for hydroxylation is 2. The van der Waals surface area contributed by atoms with E-state index in [2.05, 4.69) is 41.6 Å². The third-order valence-corrected chi connectivity index (χ3v) is 4.79. The quantitative estimate of drug-likeness (QED) is 0.267. The summed E-state index contributed by atoms with van der Waals surface area (Å²) in [4.78, 5) is 8.51. The SMILES string of the molecule is CN=C(NCCCc1ccc(Br)cc1F)NC1CCc2ncnn2C1.I. The molecule has 0 spiro atoms. The number of nitrogens with one attached hydrogen (secondary N) is 2. The minimum absolute atomic E-state index is 0. The number of nitrogens with zero attached hydrogens (tertiary/aromatic N) is 4. The average Bonchev–Trinajstić information content (AvgIpc) is 3.06. The molecule has 6 nitrogen and oxygen atoms in total. The van der Waals surface area contributed by atoms with Gasteiger partial charge in [0.25, 0.3) is 0 Å². The van der Waals surface area contributed by atoms with Gasteiger partial charge in [-0.15, -0.1) is 24.0 Å². The molecule has 1 aliphatic rings. The Hall–Kier alpha value is -1.23. The van der Waals surface area contributed by atoms with Crippen molar-refractivity contribution in [3.05, 3.63) is 46.2 Å². The molecule has 1 aromatic carbocycles. The van der Waals surface area contributed by atoms with E-state index in [0.717, 1.165) is 54.2 Å². The fourth-order valence-corrected chi connectivity index (χ4v) is 3.29. The maximum Gasteiger partial charge on any atom is 0.191 e. The summed E-state index contributed by atoms with van der Waals surface area (Å²) in [6, 6.07) is 5.48. The van der Waals surface area contributed by atoms with E-state index in [-0.39, 0.29) is 35.8 Å². The second kappa shape index (κ2) is 10.2. The van der Waals surface area contributed by atoms with Crippen LogP contribution in [0.2, 0.25) is 0 Å². The summed E-state index contributed by atoms with van der Waals surface area (Å²) in [6.45, 7) is 1.52. The lowest BCUT2D eigenvalue weighted by Gasteiger charge is -2.25. The van der Waals surface area contributed by atoms with Crippen LogP contribution in [0.4, 0.5) is 4.39 Å². The average molecular weight is 537 g/mol. The van der Waals surface area contributed by atoms with Crippen LogP contribution in [0, 0.1) is 5.82 Å². The Morgan fingerprint density at radius 1 is 1.46 bits per heavy atom. The van der Waals surface area contributed by atoms with Gasteiger partial charge in [-0.3, -0.25) is 4.99 Å². The lowest BCUT2D eigenvalue weighted by molar-refractivity contribution is 0.392. The van der Waals surface area contributed by atoms with E-state index in [4.69, 9.17) is 0 Å². The first-order chi connectivity index (χ1) is 12.2. The molecule has 2 aromatic rings. The Morgan fingerprint density at radius 2 is 2.31 bits per heavy atom. The monoisotopic (exact) mass is 536 g/mol. The van der Waals surface area contributed by atoms with Gasteiger partial charge in [-0.1, -0.05) is 22.0 Å². The Labute approximate surface area is 178 Å². The summed E-state index contributed by atoms with van der Waals surface area (Å²) < 4.78 is 16.5. The standard InChI is InChI=1S/C17H22BrFN6.HI/c1-20-17(24-14-6-7-16-22-11-23-25(16)10-14)21-8-2-3-12-4-5-13(18)9-15(12)19;/h4-5,9,11,14H,2-3,6-8,10H2,1H3,(H2,20,21,24);1H. The van der Waals surface area contributed by atoms with Gasteiger partial charge in [-0.05, 0) is 37.0 Å². The van der Waals surface area contributed by atoms with Crippen LogP contribution in [0.1, 0.15) is 24.2 Å². The zero-order valence-electron chi connectivity index (χ0n) is 14.6. The molecule has 9 heteroatoms. The van der Waals surface area contributed by atoms with Gasteiger partial charge in [0.15, 0.2) is 5.96 Å². The molecule has 0 aliphatic carbocycles. The van der Waals surface area contributed by atoms with Gasteiger partial charge in [0, 0.05) is 30.5 Å². The van der Waals surface area contributed by atoms with Crippen LogP contribution in [0.3, 0.4) is 0 Å². The van der Waals surface area contributed by atoms with Gasteiger partial charge >= 0.3 is 0 Å². The zero-order chi connectivity index (χ0) is 17.6. The van der Waals surface area contributed by atoms with Crippen LogP contribution in [0.5, 0.6) is 0 Å². The molecule has 1 aromatic heterocycles. The van der Waals surface area contributed by atoms with E-state index in [1.54, 1.807) is 13.4 Å². The van der Waals surface area contributed by atoms with Gasteiger partial charge in [0.05, 0.1) is 6.54 Å². The fourth-order valence-electron chi connectivity index (χ4n) is 2.95. The minimum Gasteiger partial charge on any atom is -0.356 e. The molecule has 0 radical (unpaired) electrons. The first-order valence-corrected chi connectivity index (χ1v) is 9.23. The number of rotatable bonds is 5. The van der Waals surface area contributed by atoms with E-state index < -0.39 is 0 Å². The smallest absolute Gasteiger partial charge is 0.191 e. The predicted octanol–water partition coefficient (Wildman–Crippen LogP) is 2.91. The molecular formula is C17H23BrFIN6. The van der Waals surface area contributed by atoms with Crippen molar-refractivity contribution in [3.8, 4) is 0 Å². The topological polar surface area (TPSA) is 67.1 Å². The first-order valence-electron chi connectivity index (χ1n) is 8.43. The molecule has 0 bridgehead atoms. The van der Waals surface area contributed by atoms with Gasteiger partial charge < -0.3 is 10.6 Å². The second-order valence-electron chi connectivity index (χ2n) is 6.08. The van der Waals surface area contributed by atoms with Gasteiger partial charge in [-0.2, -0.15) is 5.10 Å². The summed E-state index contributed by atoms with van der Waals surface area (Å²) in [5, 5.41) is 11.0. The molecule has 2 N–H and O–H groups in total. The summed E-state index contributed by atoms with van der Waals surface area (Å²) >= 11 is 3.27. The van der Waals surface area contributed by atoms with Crippen molar-refractivity contribution in [1.82, 2.24) is 25.4 Å². The highest BCUT2D eigenvalue weighted by atomic mass is 127. The Bertz CT molecular complexity index is 751. The van der Waals surface area contributed by atoms with E-state index in [1.165, 1.54) is 6.07 Å². The molecule has 1 unspecified atom stereocenters. The van der Waals surface area contributed by atoms with Crippen molar-refractivity contribution in [2.24, 2.45) is 4.99 Å². The number of guanidine groups is 1. The van der Waals surface area contributed by atoms with Crippen LogP contribution in [-0.4, -0.2) is 40.4 Å². The van der Waals surface area contributed by atoms with Crippen LogP contribution in [-0.2, 0) is 19.4 Å². The van der Waals surface area contributed by atoms with E-state index >= 15 is 0 Å². The lowest BCUT2D eigenvalue weighted by Crippen LogP contribution is -2.47. The highest BCUT2D eigenvalue weighted by Gasteiger charge is 2.20. The predicted molar refractivity (Wildman–Crippen MR) is 114 cm³/mol. The van der Waals surface area contributed by atoms with Crippen LogP contribution >= 0.6 is 39.9 Å². The van der Waals surface area contributed by atoms with E-state index in [1.807, 2.05) is 16.8 Å². The van der Waals surface area contributed by atoms with Crippen molar-refractivity contribution in [2.75, 3.05) is 13.6 Å². The van der Waals surface area contributed by atoms with Crippen molar-refractivity contribution < 1.29 is 4.39 Å². The third kappa shape index (κ3) is 5.63. The molecule has 1 aliphatic heterocycles. The number of benzene rings is 1. The van der Waals surface area contributed by atoms with Gasteiger partial charge in [0.2, 0.25) is 0 Å². The fraction of sp³-hybridized carbons (Fsp3) is 0.471. The summed E-state index contributed by atoms with van der Waals surface area (Å²) in [5.74, 6) is 1.64. The molecule has 26 heavy (non-hydrogen) atoms. The molecule has 2 heterocycles. The summed E-state index contributed by atoms with van der Waals surface area (Å²) in [5.41, 5.74) is 0.735. The normalized spacial score (nSPS) is 16.6. The molecular weight excluding hydrogens is 514 g/mol. The Morgan fingerprint density at radius 3 is 3.08 bits per heavy atom. The number of halogens is 3.